The molecule has 120 valence electrons. The average molecular weight is 306 g/mol. The van der Waals surface area contributed by atoms with Crippen molar-refractivity contribution in [2.75, 3.05) is 13.1 Å². The van der Waals surface area contributed by atoms with Crippen LogP contribution in [0.15, 0.2) is 29.3 Å². The number of halogens is 1. The van der Waals surface area contributed by atoms with Crippen molar-refractivity contribution < 1.29 is 9.18 Å². The number of amides is 1. The summed E-state index contributed by atoms with van der Waals surface area (Å²) in [5.74, 6) is 0.524. The van der Waals surface area contributed by atoms with Gasteiger partial charge in [-0.3, -0.25) is 4.79 Å². The van der Waals surface area contributed by atoms with Crippen molar-refractivity contribution in [2.24, 2.45) is 4.99 Å². The minimum absolute atomic E-state index is 0.0127. The smallest absolute Gasteiger partial charge is 0.216 e. The van der Waals surface area contributed by atoms with Crippen molar-refractivity contribution in [3.63, 3.8) is 0 Å². The summed E-state index contributed by atoms with van der Waals surface area (Å²) in [5.41, 5.74) is 0.969. The molecule has 1 aromatic rings. The van der Waals surface area contributed by atoms with E-state index in [1.54, 1.807) is 12.1 Å². The maximum absolute atomic E-state index is 12.9. The first-order valence-electron chi connectivity index (χ1n) is 7.67. The van der Waals surface area contributed by atoms with Crippen molar-refractivity contribution in [2.45, 2.75) is 38.8 Å². The lowest BCUT2D eigenvalue weighted by Gasteiger charge is -2.12. The van der Waals surface area contributed by atoms with E-state index in [4.69, 9.17) is 0 Å². The molecule has 6 heteroatoms. The first kappa shape index (κ1) is 16.3. The van der Waals surface area contributed by atoms with E-state index in [0.717, 1.165) is 24.5 Å². The molecule has 1 fully saturated rings. The van der Waals surface area contributed by atoms with Crippen molar-refractivity contribution >= 4 is 11.9 Å². The highest BCUT2D eigenvalue weighted by Crippen LogP contribution is 2.18. The maximum Gasteiger partial charge on any atom is 0.216 e. The molecule has 0 aromatic heterocycles. The molecule has 0 unspecified atom stereocenters. The van der Waals surface area contributed by atoms with Crippen LogP contribution in [0.2, 0.25) is 0 Å². The van der Waals surface area contributed by atoms with Gasteiger partial charge in [0.1, 0.15) is 5.82 Å². The first-order chi connectivity index (χ1) is 10.6. The maximum atomic E-state index is 12.9. The lowest BCUT2D eigenvalue weighted by molar-refractivity contribution is -0.118. The second-order valence-corrected chi connectivity index (χ2v) is 5.47. The van der Waals surface area contributed by atoms with Crippen LogP contribution >= 0.6 is 0 Å². The number of benzene rings is 1. The minimum Gasteiger partial charge on any atom is -0.356 e. The summed E-state index contributed by atoms with van der Waals surface area (Å²) < 4.78 is 12.9. The van der Waals surface area contributed by atoms with Gasteiger partial charge in [-0.25, -0.2) is 9.38 Å². The fourth-order valence-electron chi connectivity index (χ4n) is 1.89. The van der Waals surface area contributed by atoms with E-state index in [-0.39, 0.29) is 11.7 Å². The number of nitrogens with one attached hydrogen (secondary N) is 3. The van der Waals surface area contributed by atoms with Crippen LogP contribution in [-0.4, -0.2) is 31.0 Å². The average Bonchev–Trinajstić information content (AvgIpc) is 3.29. The van der Waals surface area contributed by atoms with Crippen LogP contribution in [-0.2, 0) is 11.3 Å². The van der Waals surface area contributed by atoms with E-state index in [1.165, 1.54) is 31.9 Å². The highest BCUT2D eigenvalue weighted by atomic mass is 19.1. The number of carbonyl (C=O) groups excluding carboxylic acids is 1. The SMILES string of the molecule is CC(=O)NCCCNC(=NCc1ccc(F)cc1)NC1CC1. The molecule has 1 aliphatic carbocycles. The molecule has 0 radical (unpaired) electrons. The van der Waals surface area contributed by atoms with E-state index >= 15 is 0 Å². The first-order valence-corrected chi connectivity index (χ1v) is 7.67. The van der Waals surface area contributed by atoms with Gasteiger partial charge in [-0.15, -0.1) is 0 Å². The van der Waals surface area contributed by atoms with Gasteiger partial charge in [0.15, 0.2) is 5.96 Å². The molecule has 0 heterocycles. The van der Waals surface area contributed by atoms with Crippen molar-refractivity contribution in [1.29, 1.82) is 0 Å². The fraction of sp³-hybridized carbons (Fsp3) is 0.500. The molecule has 22 heavy (non-hydrogen) atoms. The van der Waals surface area contributed by atoms with Crippen molar-refractivity contribution in [3.8, 4) is 0 Å². The molecule has 1 amide bonds. The zero-order chi connectivity index (χ0) is 15.8. The Labute approximate surface area is 130 Å². The second-order valence-electron chi connectivity index (χ2n) is 5.47. The summed E-state index contributed by atoms with van der Waals surface area (Å²) in [7, 11) is 0. The van der Waals surface area contributed by atoms with E-state index < -0.39 is 0 Å². The Bertz CT molecular complexity index is 511. The number of carbonyl (C=O) groups is 1. The standard InChI is InChI=1S/C16H23FN4O/c1-12(22)18-9-2-10-19-16(21-15-7-8-15)20-11-13-3-5-14(17)6-4-13/h3-6,15H,2,7-11H2,1H3,(H,18,22)(H2,19,20,21). The van der Waals surface area contributed by atoms with Gasteiger partial charge >= 0.3 is 0 Å². The highest BCUT2D eigenvalue weighted by molar-refractivity contribution is 5.80. The normalized spacial score (nSPS) is 14.5. The van der Waals surface area contributed by atoms with Crippen LogP contribution in [0.1, 0.15) is 31.7 Å². The lowest BCUT2D eigenvalue weighted by atomic mass is 10.2. The van der Waals surface area contributed by atoms with Gasteiger partial charge in [0.2, 0.25) is 5.91 Å². The Hall–Kier alpha value is -2.11. The Morgan fingerprint density at radius 3 is 2.55 bits per heavy atom. The molecular weight excluding hydrogens is 283 g/mol. The number of guanidine groups is 1. The predicted molar refractivity (Wildman–Crippen MR) is 85.0 cm³/mol. The molecule has 0 atom stereocenters. The topological polar surface area (TPSA) is 65.5 Å². The minimum atomic E-state index is -0.236. The van der Waals surface area contributed by atoms with Gasteiger partial charge in [0.25, 0.3) is 0 Å². The van der Waals surface area contributed by atoms with Gasteiger partial charge in [-0.2, -0.15) is 0 Å². The fourth-order valence-corrected chi connectivity index (χ4v) is 1.89. The predicted octanol–water partition coefficient (Wildman–Crippen LogP) is 1.55. The third-order valence-corrected chi connectivity index (χ3v) is 3.27. The Morgan fingerprint density at radius 1 is 1.23 bits per heavy atom. The molecule has 3 N–H and O–H groups in total. The molecule has 0 spiro atoms. The summed E-state index contributed by atoms with van der Waals surface area (Å²) in [6.07, 6.45) is 3.17. The van der Waals surface area contributed by atoms with E-state index in [0.29, 0.717) is 19.1 Å². The number of rotatable bonds is 7. The Morgan fingerprint density at radius 2 is 1.91 bits per heavy atom. The molecule has 0 saturated heterocycles. The van der Waals surface area contributed by atoms with Crippen LogP contribution < -0.4 is 16.0 Å². The highest BCUT2D eigenvalue weighted by Gasteiger charge is 2.22. The largest absolute Gasteiger partial charge is 0.356 e. The zero-order valence-corrected chi connectivity index (χ0v) is 12.9. The third kappa shape index (κ3) is 6.56. The number of hydrogen-bond acceptors (Lipinski definition) is 2. The number of nitrogens with zero attached hydrogens (tertiary/aromatic N) is 1. The third-order valence-electron chi connectivity index (χ3n) is 3.27. The van der Waals surface area contributed by atoms with Crippen LogP contribution in [0, 0.1) is 5.82 Å². The Kier molecular flexibility index (Phi) is 6.18. The lowest BCUT2D eigenvalue weighted by Crippen LogP contribution is -2.40. The van der Waals surface area contributed by atoms with Crippen LogP contribution in [0.4, 0.5) is 4.39 Å². The summed E-state index contributed by atoms with van der Waals surface area (Å²) in [6, 6.07) is 6.88. The van der Waals surface area contributed by atoms with Gasteiger partial charge < -0.3 is 16.0 Å². The van der Waals surface area contributed by atoms with Crippen LogP contribution in [0.3, 0.4) is 0 Å². The molecule has 2 rings (SSSR count). The zero-order valence-electron chi connectivity index (χ0n) is 12.9. The summed E-state index contributed by atoms with van der Waals surface area (Å²) in [6.45, 7) is 3.41. The summed E-state index contributed by atoms with van der Waals surface area (Å²) in [4.78, 5) is 15.3. The van der Waals surface area contributed by atoms with Crippen molar-refractivity contribution in [1.82, 2.24) is 16.0 Å². The number of aliphatic imine (C=N–C) groups is 1. The summed E-state index contributed by atoms with van der Waals surface area (Å²) in [5, 5.41) is 9.37. The molecule has 1 aliphatic rings. The van der Waals surface area contributed by atoms with E-state index in [1.807, 2.05) is 0 Å². The van der Waals surface area contributed by atoms with Crippen LogP contribution in [0.25, 0.3) is 0 Å². The molecule has 0 aliphatic heterocycles. The van der Waals surface area contributed by atoms with Gasteiger partial charge in [-0.1, -0.05) is 12.1 Å². The molecule has 0 bridgehead atoms. The van der Waals surface area contributed by atoms with Crippen LogP contribution in [0.5, 0.6) is 0 Å². The summed E-state index contributed by atoms with van der Waals surface area (Å²) >= 11 is 0. The van der Waals surface area contributed by atoms with Gasteiger partial charge in [0.05, 0.1) is 6.54 Å². The van der Waals surface area contributed by atoms with E-state index in [9.17, 15) is 9.18 Å². The number of hydrogen-bond donors (Lipinski definition) is 3. The Balaban J connectivity index is 1.78. The molecule has 5 nitrogen and oxygen atoms in total. The molecule has 1 aromatic carbocycles. The quantitative estimate of drug-likeness (QED) is 0.407. The molecular formula is C16H23FN4O. The monoisotopic (exact) mass is 306 g/mol. The second kappa shape index (κ2) is 8.36. The van der Waals surface area contributed by atoms with Crippen molar-refractivity contribution in [3.05, 3.63) is 35.6 Å². The van der Waals surface area contributed by atoms with E-state index in [2.05, 4.69) is 20.9 Å². The van der Waals surface area contributed by atoms with Gasteiger partial charge in [0, 0.05) is 26.1 Å². The molecule has 1 saturated carbocycles. The van der Waals surface area contributed by atoms with Gasteiger partial charge in [-0.05, 0) is 37.0 Å².